The van der Waals surface area contributed by atoms with E-state index in [2.05, 4.69) is 25.1 Å². The van der Waals surface area contributed by atoms with E-state index in [0.717, 1.165) is 32.1 Å². The number of hydrogen-bond acceptors (Lipinski definition) is 6. The van der Waals surface area contributed by atoms with E-state index in [1.807, 2.05) is 6.07 Å². The molecule has 26 heavy (non-hydrogen) atoms. The van der Waals surface area contributed by atoms with Gasteiger partial charge < -0.3 is 24.6 Å². The predicted octanol–water partition coefficient (Wildman–Crippen LogP) is 2.67. The molecule has 138 valence electrons. The number of halogens is 1. The Labute approximate surface area is 162 Å². The Balaban J connectivity index is 1.64. The number of nitrogens with zero attached hydrogens (tertiary/aromatic N) is 4. The number of aromatic nitrogens is 2. The lowest BCUT2D eigenvalue weighted by Gasteiger charge is -2.36. The van der Waals surface area contributed by atoms with Crippen molar-refractivity contribution >= 4 is 40.6 Å². The highest BCUT2D eigenvalue weighted by molar-refractivity contribution is 7.80. The van der Waals surface area contributed by atoms with Gasteiger partial charge in [0.05, 0.1) is 24.9 Å². The van der Waals surface area contributed by atoms with Crippen LogP contribution in [0.15, 0.2) is 30.6 Å². The molecule has 1 fully saturated rings. The van der Waals surface area contributed by atoms with E-state index in [1.54, 1.807) is 38.7 Å². The maximum atomic E-state index is 6.15. The molecule has 2 aromatic rings. The van der Waals surface area contributed by atoms with Crippen LogP contribution in [-0.4, -0.2) is 60.4 Å². The molecule has 1 aliphatic rings. The molecule has 0 saturated carbocycles. The van der Waals surface area contributed by atoms with E-state index in [0.29, 0.717) is 27.3 Å². The van der Waals surface area contributed by atoms with Crippen molar-refractivity contribution in [2.24, 2.45) is 0 Å². The maximum absolute atomic E-state index is 6.15. The fourth-order valence-electron chi connectivity index (χ4n) is 2.72. The Kier molecular flexibility index (Phi) is 5.95. The van der Waals surface area contributed by atoms with Gasteiger partial charge >= 0.3 is 0 Å². The lowest BCUT2D eigenvalue weighted by molar-refractivity contribution is 0.387. The first-order valence-electron chi connectivity index (χ1n) is 8.11. The van der Waals surface area contributed by atoms with Crippen molar-refractivity contribution < 1.29 is 9.47 Å². The number of nitrogens with one attached hydrogen (secondary N) is 1. The van der Waals surface area contributed by atoms with E-state index in [9.17, 15) is 0 Å². The quantitative estimate of drug-likeness (QED) is 0.795. The molecule has 1 N–H and O–H groups in total. The number of piperazine rings is 1. The van der Waals surface area contributed by atoms with Crippen LogP contribution in [0.5, 0.6) is 11.5 Å². The molecule has 0 aliphatic carbocycles. The van der Waals surface area contributed by atoms with E-state index in [1.165, 1.54) is 0 Å². The number of benzene rings is 1. The fraction of sp³-hybridized carbons (Fsp3) is 0.353. The molecule has 7 nitrogen and oxygen atoms in total. The van der Waals surface area contributed by atoms with Crippen LogP contribution in [0.4, 0.5) is 11.6 Å². The molecule has 3 rings (SSSR count). The van der Waals surface area contributed by atoms with E-state index >= 15 is 0 Å². The first-order valence-corrected chi connectivity index (χ1v) is 8.90. The molecule has 1 aromatic heterocycles. The van der Waals surface area contributed by atoms with Gasteiger partial charge in [-0.2, -0.15) is 0 Å². The smallest absolute Gasteiger partial charge is 0.225 e. The molecule has 2 heterocycles. The monoisotopic (exact) mass is 393 g/mol. The van der Waals surface area contributed by atoms with Gasteiger partial charge in [-0.05, 0) is 18.3 Å². The Morgan fingerprint density at radius 2 is 1.73 bits per heavy atom. The third-order valence-electron chi connectivity index (χ3n) is 4.12. The lowest BCUT2D eigenvalue weighted by atomic mass is 10.2. The summed E-state index contributed by atoms with van der Waals surface area (Å²) in [6.07, 6.45) is 3.50. The van der Waals surface area contributed by atoms with Crippen LogP contribution >= 0.6 is 23.8 Å². The molecular formula is C17H20ClN5O2S. The molecule has 1 aromatic carbocycles. The number of methoxy groups -OCH3 is 2. The molecule has 0 atom stereocenters. The maximum Gasteiger partial charge on any atom is 0.225 e. The van der Waals surface area contributed by atoms with Gasteiger partial charge in [-0.3, -0.25) is 0 Å². The Bertz CT molecular complexity index is 769. The van der Waals surface area contributed by atoms with Crippen LogP contribution in [0.1, 0.15) is 0 Å². The molecule has 9 heteroatoms. The van der Waals surface area contributed by atoms with Gasteiger partial charge in [-0.1, -0.05) is 11.6 Å². The highest BCUT2D eigenvalue weighted by Gasteiger charge is 2.21. The normalized spacial score (nSPS) is 14.1. The summed E-state index contributed by atoms with van der Waals surface area (Å²) >= 11 is 11.7. The summed E-state index contributed by atoms with van der Waals surface area (Å²) in [7, 11) is 3.16. The van der Waals surface area contributed by atoms with Gasteiger partial charge in [0.15, 0.2) is 5.11 Å². The number of hydrogen-bond donors (Lipinski definition) is 1. The van der Waals surface area contributed by atoms with Crippen LogP contribution in [-0.2, 0) is 0 Å². The minimum absolute atomic E-state index is 0.484. The van der Waals surface area contributed by atoms with Crippen LogP contribution in [0.3, 0.4) is 0 Å². The van der Waals surface area contributed by atoms with Gasteiger partial charge in [0.25, 0.3) is 0 Å². The second-order valence-corrected chi connectivity index (χ2v) is 6.43. The second kappa shape index (κ2) is 8.37. The first-order chi connectivity index (χ1) is 12.6. The minimum atomic E-state index is 0.484. The predicted molar refractivity (Wildman–Crippen MR) is 107 cm³/mol. The summed E-state index contributed by atoms with van der Waals surface area (Å²) in [5.41, 5.74) is 0.715. The van der Waals surface area contributed by atoms with E-state index in [4.69, 9.17) is 33.3 Å². The minimum Gasteiger partial charge on any atom is -0.495 e. The SMILES string of the molecule is COc1cc(NC(=S)N2CCN(c3ncccn3)CC2)c(OC)cc1Cl. The summed E-state index contributed by atoms with van der Waals surface area (Å²) < 4.78 is 10.7. The van der Waals surface area contributed by atoms with Crippen molar-refractivity contribution in [1.29, 1.82) is 0 Å². The highest BCUT2D eigenvalue weighted by Crippen LogP contribution is 2.36. The Morgan fingerprint density at radius 1 is 1.08 bits per heavy atom. The largest absolute Gasteiger partial charge is 0.495 e. The fourth-order valence-corrected chi connectivity index (χ4v) is 3.24. The van der Waals surface area contributed by atoms with Crippen molar-refractivity contribution in [3.8, 4) is 11.5 Å². The topological polar surface area (TPSA) is 62.8 Å². The Hall–Kier alpha value is -2.32. The molecule has 0 unspecified atom stereocenters. The average Bonchev–Trinajstić information content (AvgIpc) is 2.69. The zero-order valence-electron chi connectivity index (χ0n) is 14.6. The van der Waals surface area contributed by atoms with Crippen molar-refractivity contribution in [3.05, 3.63) is 35.6 Å². The molecule has 0 bridgehead atoms. The summed E-state index contributed by atoms with van der Waals surface area (Å²) in [6.45, 7) is 3.15. The van der Waals surface area contributed by atoms with E-state index < -0.39 is 0 Å². The van der Waals surface area contributed by atoms with Gasteiger partial charge in [0.2, 0.25) is 5.95 Å². The number of ether oxygens (including phenoxy) is 2. The van der Waals surface area contributed by atoms with Crippen molar-refractivity contribution in [1.82, 2.24) is 14.9 Å². The van der Waals surface area contributed by atoms with Gasteiger partial charge in [-0.25, -0.2) is 9.97 Å². The molecule has 0 spiro atoms. The third kappa shape index (κ3) is 4.08. The molecule has 1 aliphatic heterocycles. The zero-order chi connectivity index (χ0) is 18.5. The summed E-state index contributed by atoms with van der Waals surface area (Å²) in [4.78, 5) is 12.8. The highest BCUT2D eigenvalue weighted by atomic mass is 35.5. The standard InChI is InChI=1S/C17H20ClN5O2S/c1-24-14-11-13(15(25-2)10-12(14)18)21-17(26)23-8-6-22(7-9-23)16-19-4-3-5-20-16/h3-5,10-11H,6-9H2,1-2H3,(H,21,26). The average molecular weight is 394 g/mol. The Morgan fingerprint density at radius 3 is 2.35 bits per heavy atom. The van der Waals surface area contributed by atoms with Crippen molar-refractivity contribution in [2.75, 3.05) is 50.6 Å². The van der Waals surface area contributed by atoms with Crippen LogP contribution in [0, 0.1) is 0 Å². The number of thiocarbonyl (C=S) groups is 1. The number of anilines is 2. The van der Waals surface area contributed by atoms with Crippen LogP contribution < -0.4 is 19.7 Å². The summed E-state index contributed by atoms with van der Waals surface area (Å²) in [6, 6.07) is 5.30. The summed E-state index contributed by atoms with van der Waals surface area (Å²) in [5.74, 6) is 1.91. The van der Waals surface area contributed by atoms with Crippen molar-refractivity contribution in [3.63, 3.8) is 0 Å². The third-order valence-corrected chi connectivity index (χ3v) is 4.77. The van der Waals surface area contributed by atoms with Gasteiger partial charge in [0, 0.05) is 50.7 Å². The molecule has 0 radical (unpaired) electrons. The van der Waals surface area contributed by atoms with E-state index in [-0.39, 0.29) is 0 Å². The zero-order valence-corrected chi connectivity index (χ0v) is 16.2. The number of rotatable bonds is 4. The lowest BCUT2D eigenvalue weighted by Crippen LogP contribution is -2.50. The van der Waals surface area contributed by atoms with Gasteiger partial charge in [-0.15, -0.1) is 0 Å². The molecule has 1 saturated heterocycles. The van der Waals surface area contributed by atoms with Crippen LogP contribution in [0.2, 0.25) is 5.02 Å². The van der Waals surface area contributed by atoms with Crippen LogP contribution in [0.25, 0.3) is 0 Å². The van der Waals surface area contributed by atoms with Gasteiger partial charge in [0.1, 0.15) is 11.5 Å². The summed E-state index contributed by atoms with van der Waals surface area (Å²) in [5, 5.41) is 4.34. The second-order valence-electron chi connectivity index (χ2n) is 5.64. The molecular weight excluding hydrogens is 374 g/mol. The molecule has 0 amide bonds. The van der Waals surface area contributed by atoms with Crippen molar-refractivity contribution in [2.45, 2.75) is 0 Å². The first kappa shape index (κ1) is 18.5.